The monoisotopic (exact) mass is 372 g/mol. The van der Waals surface area contributed by atoms with Crippen LogP contribution in [0.5, 0.6) is 0 Å². The molecule has 2 fully saturated rings. The molecule has 4 rings (SSSR count). The van der Waals surface area contributed by atoms with Gasteiger partial charge < -0.3 is 20.3 Å². The predicted molar refractivity (Wildman–Crippen MR) is 97.5 cm³/mol. The molecule has 0 unspecified atom stereocenters. The Morgan fingerprint density at radius 2 is 2.07 bits per heavy atom. The average Bonchev–Trinajstić information content (AvgIpc) is 3.16. The summed E-state index contributed by atoms with van der Waals surface area (Å²) in [6.45, 7) is 2.37. The number of urea groups is 1. The minimum Gasteiger partial charge on any atom is -0.378 e. The van der Waals surface area contributed by atoms with Crippen molar-refractivity contribution in [3.8, 4) is 0 Å². The molecule has 0 atom stereocenters. The van der Waals surface area contributed by atoms with Gasteiger partial charge in [0, 0.05) is 20.1 Å². The number of nitrogens with one attached hydrogen (secondary N) is 2. The Morgan fingerprint density at radius 1 is 1.30 bits per heavy atom. The highest BCUT2D eigenvalue weighted by Crippen LogP contribution is 2.33. The third-order valence-corrected chi connectivity index (χ3v) is 4.70. The van der Waals surface area contributed by atoms with Crippen LogP contribution in [0.25, 0.3) is 10.9 Å². The zero-order valence-electron chi connectivity index (χ0n) is 14.9. The molecule has 0 radical (unpaired) electrons. The van der Waals surface area contributed by atoms with Gasteiger partial charge in [0.05, 0.1) is 36.3 Å². The highest BCUT2D eigenvalue weighted by Gasteiger charge is 2.30. The van der Waals surface area contributed by atoms with Gasteiger partial charge in [-0.2, -0.15) is 5.10 Å². The molecule has 10 heteroatoms. The molecule has 4 amide bonds. The molecule has 2 aromatic rings. The van der Waals surface area contributed by atoms with E-state index in [0.29, 0.717) is 19.0 Å². The molecule has 27 heavy (non-hydrogen) atoms. The fourth-order valence-corrected chi connectivity index (χ4v) is 3.38. The van der Waals surface area contributed by atoms with E-state index in [0.717, 1.165) is 34.6 Å². The van der Waals surface area contributed by atoms with Gasteiger partial charge in [-0.1, -0.05) is 6.07 Å². The maximum Gasteiger partial charge on any atom is 0.325 e. The molecule has 142 valence electrons. The Morgan fingerprint density at radius 3 is 2.78 bits per heavy atom. The molecule has 2 aliphatic rings. The number of morpholine rings is 1. The first-order valence-electron chi connectivity index (χ1n) is 8.71. The molecule has 0 bridgehead atoms. The van der Waals surface area contributed by atoms with Crippen molar-refractivity contribution in [1.29, 1.82) is 0 Å². The molecular weight excluding hydrogens is 352 g/mol. The lowest BCUT2D eigenvalue weighted by Gasteiger charge is -2.29. The van der Waals surface area contributed by atoms with Crippen LogP contribution in [-0.4, -0.2) is 71.9 Å². The summed E-state index contributed by atoms with van der Waals surface area (Å²) in [5.41, 5.74) is 1.85. The quantitative estimate of drug-likeness (QED) is 0.726. The van der Waals surface area contributed by atoms with Crippen molar-refractivity contribution in [1.82, 2.24) is 20.0 Å². The number of hydrogen-bond donors (Lipinski definition) is 2. The summed E-state index contributed by atoms with van der Waals surface area (Å²) in [7, 11) is 1.80. The molecule has 2 aliphatic heterocycles. The van der Waals surface area contributed by atoms with Crippen LogP contribution in [0.4, 0.5) is 16.3 Å². The van der Waals surface area contributed by atoms with Gasteiger partial charge in [-0.15, -0.1) is 0 Å². The second-order valence-corrected chi connectivity index (χ2v) is 6.43. The molecular formula is C17H20N6O4. The van der Waals surface area contributed by atoms with Crippen LogP contribution in [0.15, 0.2) is 18.2 Å². The topological polar surface area (TPSA) is 109 Å². The molecule has 0 aliphatic carbocycles. The van der Waals surface area contributed by atoms with E-state index in [4.69, 9.17) is 4.74 Å². The van der Waals surface area contributed by atoms with Gasteiger partial charge in [0.15, 0.2) is 5.82 Å². The number of nitrogens with zero attached hydrogens (tertiary/aromatic N) is 4. The van der Waals surface area contributed by atoms with Crippen molar-refractivity contribution in [2.45, 2.75) is 0 Å². The van der Waals surface area contributed by atoms with E-state index >= 15 is 0 Å². The first kappa shape index (κ1) is 17.3. The van der Waals surface area contributed by atoms with Crippen molar-refractivity contribution in [2.24, 2.45) is 7.05 Å². The number of fused-ring (bicyclic) bond motifs is 1. The summed E-state index contributed by atoms with van der Waals surface area (Å²) in [4.78, 5) is 38.8. The summed E-state index contributed by atoms with van der Waals surface area (Å²) in [6.07, 6.45) is 0. The molecule has 0 spiro atoms. The Balaban J connectivity index is 1.62. The van der Waals surface area contributed by atoms with E-state index in [1.807, 2.05) is 18.2 Å². The van der Waals surface area contributed by atoms with Crippen LogP contribution in [-0.2, 0) is 21.4 Å². The molecule has 1 aromatic heterocycles. The number of ether oxygens (including phenoxy) is 1. The van der Waals surface area contributed by atoms with E-state index < -0.39 is 17.8 Å². The number of carbonyl (C=O) groups is 3. The van der Waals surface area contributed by atoms with E-state index in [2.05, 4.69) is 20.6 Å². The third kappa shape index (κ3) is 3.19. The Hall–Kier alpha value is -3.14. The summed E-state index contributed by atoms with van der Waals surface area (Å²) >= 11 is 0. The third-order valence-electron chi connectivity index (χ3n) is 4.70. The highest BCUT2D eigenvalue weighted by atomic mass is 16.5. The predicted octanol–water partition coefficient (Wildman–Crippen LogP) is -0.0998. The number of hydrogen-bond acceptors (Lipinski definition) is 6. The average molecular weight is 372 g/mol. The number of rotatable bonds is 4. The fraction of sp³-hybridized carbons (Fsp3) is 0.412. The Bertz CT molecular complexity index is 902. The van der Waals surface area contributed by atoms with Crippen LogP contribution < -0.4 is 15.5 Å². The number of anilines is 2. The van der Waals surface area contributed by atoms with Gasteiger partial charge in [0.2, 0.25) is 5.91 Å². The standard InChI is InChI=1S/C17H20N6O4/c1-21-11-3-2-4-12(22-5-7-27-8-6-22)15(11)16(20-21)19-13(24)10-23-14(25)9-18-17(23)26/h2-4H,5-10H2,1H3,(H,18,26)(H,19,20,24). The second kappa shape index (κ2) is 6.88. The lowest BCUT2D eigenvalue weighted by Crippen LogP contribution is -2.38. The van der Waals surface area contributed by atoms with Crippen LogP contribution in [0.3, 0.4) is 0 Å². The van der Waals surface area contributed by atoms with E-state index in [1.54, 1.807) is 11.7 Å². The fourth-order valence-electron chi connectivity index (χ4n) is 3.38. The summed E-state index contributed by atoms with van der Waals surface area (Å²) in [6, 6.07) is 5.31. The molecule has 3 heterocycles. The Labute approximate surface area is 155 Å². The molecule has 2 saturated heterocycles. The van der Waals surface area contributed by atoms with Crippen LogP contribution >= 0.6 is 0 Å². The maximum atomic E-state index is 12.4. The van der Waals surface area contributed by atoms with E-state index in [1.165, 1.54) is 0 Å². The van der Waals surface area contributed by atoms with E-state index in [9.17, 15) is 14.4 Å². The summed E-state index contributed by atoms with van der Waals surface area (Å²) < 4.78 is 7.12. The van der Waals surface area contributed by atoms with Crippen LogP contribution in [0.1, 0.15) is 0 Å². The number of aryl methyl sites for hydroxylation is 1. The highest BCUT2D eigenvalue weighted by molar-refractivity contribution is 6.09. The minimum absolute atomic E-state index is 0.0835. The van der Waals surface area contributed by atoms with Crippen molar-refractivity contribution in [3.05, 3.63) is 18.2 Å². The molecule has 1 aromatic carbocycles. The number of aromatic nitrogens is 2. The van der Waals surface area contributed by atoms with E-state index in [-0.39, 0.29) is 13.1 Å². The largest absolute Gasteiger partial charge is 0.378 e. The van der Waals surface area contributed by atoms with Gasteiger partial charge in [0.25, 0.3) is 5.91 Å². The summed E-state index contributed by atoms with van der Waals surface area (Å²) in [5.74, 6) is -0.487. The lowest BCUT2D eigenvalue weighted by atomic mass is 10.1. The van der Waals surface area contributed by atoms with Crippen molar-refractivity contribution < 1.29 is 19.1 Å². The van der Waals surface area contributed by atoms with Crippen LogP contribution in [0, 0.1) is 0 Å². The normalized spacial score (nSPS) is 17.5. The molecule has 0 saturated carbocycles. The lowest BCUT2D eigenvalue weighted by molar-refractivity contribution is -0.128. The Kier molecular flexibility index (Phi) is 4.40. The number of benzene rings is 1. The minimum atomic E-state index is -0.560. The number of imide groups is 1. The smallest absolute Gasteiger partial charge is 0.325 e. The zero-order chi connectivity index (χ0) is 19.0. The molecule has 10 nitrogen and oxygen atoms in total. The summed E-state index contributed by atoms with van der Waals surface area (Å²) in [5, 5.41) is 10.4. The van der Waals surface area contributed by atoms with Crippen molar-refractivity contribution >= 4 is 40.3 Å². The second-order valence-electron chi connectivity index (χ2n) is 6.43. The van der Waals surface area contributed by atoms with Crippen molar-refractivity contribution in [3.63, 3.8) is 0 Å². The van der Waals surface area contributed by atoms with Gasteiger partial charge in [-0.05, 0) is 12.1 Å². The number of carbonyl (C=O) groups excluding carboxylic acids is 3. The van der Waals surface area contributed by atoms with Gasteiger partial charge in [-0.25, -0.2) is 4.79 Å². The molecule has 2 N–H and O–H groups in total. The maximum absolute atomic E-state index is 12.4. The zero-order valence-corrected chi connectivity index (χ0v) is 14.9. The number of amides is 4. The van der Waals surface area contributed by atoms with Crippen molar-refractivity contribution in [2.75, 3.05) is 49.6 Å². The van der Waals surface area contributed by atoms with Gasteiger partial charge >= 0.3 is 6.03 Å². The first-order valence-corrected chi connectivity index (χ1v) is 8.71. The SMILES string of the molecule is Cn1nc(NC(=O)CN2C(=O)CNC2=O)c2c(N3CCOCC3)cccc21. The van der Waals surface area contributed by atoms with Crippen LogP contribution in [0.2, 0.25) is 0 Å². The van der Waals surface area contributed by atoms with Gasteiger partial charge in [-0.3, -0.25) is 19.2 Å². The van der Waals surface area contributed by atoms with Gasteiger partial charge in [0.1, 0.15) is 6.54 Å². The first-order chi connectivity index (χ1) is 13.0.